The van der Waals surface area contributed by atoms with Crippen LogP contribution in [0.15, 0.2) is 66.7 Å². The van der Waals surface area contributed by atoms with Crippen molar-refractivity contribution < 1.29 is 8.78 Å². The molecule has 0 saturated heterocycles. The van der Waals surface area contributed by atoms with Crippen LogP contribution in [-0.2, 0) is 12.8 Å². The van der Waals surface area contributed by atoms with E-state index < -0.39 is 11.6 Å². The first-order valence-corrected chi connectivity index (χ1v) is 9.08. The minimum absolute atomic E-state index is 0.112. The van der Waals surface area contributed by atoms with E-state index in [0.29, 0.717) is 5.56 Å². The van der Waals surface area contributed by atoms with Crippen LogP contribution < -0.4 is 0 Å². The molecular weight excluding hydrogens is 326 g/mol. The summed E-state index contributed by atoms with van der Waals surface area (Å²) in [6, 6.07) is 21.2. The third-order valence-electron chi connectivity index (χ3n) is 5.75. The predicted molar refractivity (Wildman–Crippen MR) is 103 cm³/mol. The zero-order valence-electron chi connectivity index (χ0n) is 14.3. The summed E-state index contributed by atoms with van der Waals surface area (Å²) in [7, 11) is 0. The number of rotatable bonds is 1. The van der Waals surface area contributed by atoms with Crippen molar-refractivity contribution >= 4 is 21.5 Å². The molecule has 2 heteroatoms. The van der Waals surface area contributed by atoms with Crippen LogP contribution in [-0.4, -0.2) is 0 Å². The Morgan fingerprint density at radius 3 is 2.50 bits per heavy atom. The molecule has 0 heterocycles. The number of halogens is 2. The fourth-order valence-electron chi connectivity index (χ4n) is 4.47. The lowest BCUT2D eigenvalue weighted by molar-refractivity contribution is 0.523. The number of hydrogen-bond donors (Lipinski definition) is 0. The maximum absolute atomic E-state index is 14.2. The molecule has 0 N–H and O–H groups in total. The topological polar surface area (TPSA) is 0 Å². The Hall–Kier alpha value is -2.74. The Kier molecular flexibility index (Phi) is 3.53. The average Bonchev–Trinajstić information content (AvgIpc) is 2.67. The smallest absolute Gasteiger partial charge is 0.129 e. The van der Waals surface area contributed by atoms with Gasteiger partial charge >= 0.3 is 0 Å². The van der Waals surface area contributed by atoms with Gasteiger partial charge in [-0.1, -0.05) is 54.6 Å². The van der Waals surface area contributed by atoms with Crippen molar-refractivity contribution in [2.45, 2.75) is 25.2 Å². The van der Waals surface area contributed by atoms with Gasteiger partial charge in [0.1, 0.15) is 11.6 Å². The van der Waals surface area contributed by atoms with Gasteiger partial charge in [-0.25, -0.2) is 8.78 Å². The summed E-state index contributed by atoms with van der Waals surface area (Å²) in [5, 5.41) is 5.12. The van der Waals surface area contributed by atoms with E-state index >= 15 is 0 Å². The van der Waals surface area contributed by atoms with Crippen LogP contribution >= 0.6 is 0 Å². The van der Waals surface area contributed by atoms with Crippen molar-refractivity contribution in [1.82, 2.24) is 0 Å². The van der Waals surface area contributed by atoms with E-state index in [0.717, 1.165) is 25.3 Å². The highest BCUT2D eigenvalue weighted by Crippen LogP contribution is 2.38. The molecule has 0 bridgehead atoms. The Labute approximate surface area is 151 Å². The van der Waals surface area contributed by atoms with Gasteiger partial charge in [0.05, 0.1) is 0 Å². The summed E-state index contributed by atoms with van der Waals surface area (Å²) in [5.41, 5.74) is 3.30. The highest BCUT2D eigenvalue weighted by Gasteiger charge is 2.24. The van der Waals surface area contributed by atoms with E-state index in [1.54, 1.807) is 6.07 Å². The lowest BCUT2D eigenvalue weighted by atomic mass is 9.78. The van der Waals surface area contributed by atoms with Crippen molar-refractivity contribution in [1.29, 1.82) is 0 Å². The lowest BCUT2D eigenvalue weighted by Crippen LogP contribution is -2.14. The minimum Gasteiger partial charge on any atom is -0.207 e. The number of hydrogen-bond acceptors (Lipinski definition) is 0. The molecule has 26 heavy (non-hydrogen) atoms. The summed E-state index contributed by atoms with van der Waals surface area (Å²) in [5.74, 6) is -0.827. The second-order valence-electron chi connectivity index (χ2n) is 7.19. The van der Waals surface area contributed by atoms with Gasteiger partial charge in [0.15, 0.2) is 0 Å². The Morgan fingerprint density at radius 1 is 0.769 bits per heavy atom. The lowest BCUT2D eigenvalue weighted by Gasteiger charge is -2.26. The van der Waals surface area contributed by atoms with Crippen molar-refractivity contribution in [3.8, 4) is 0 Å². The minimum atomic E-state index is -0.514. The molecule has 0 nitrogen and oxygen atoms in total. The van der Waals surface area contributed by atoms with Crippen LogP contribution in [0.1, 0.15) is 29.0 Å². The maximum Gasteiger partial charge on any atom is 0.129 e. The quantitative estimate of drug-likeness (QED) is 0.344. The standard InChI is InChI=1S/C24H18F2/c25-18-8-12-21(24(26)14-18)17-6-9-20-16(13-17)7-11-22-19-4-2-1-3-15(19)5-10-23(20)22/h1-5,7-8,10-12,14,17H,6,9,13H2. The molecule has 1 atom stereocenters. The molecule has 0 fully saturated rings. The second kappa shape index (κ2) is 5.91. The van der Waals surface area contributed by atoms with Crippen molar-refractivity contribution in [2.24, 2.45) is 0 Å². The SMILES string of the molecule is Fc1ccc(C2CCc3c(ccc4c3ccc3ccccc34)C2)c(F)c1. The Morgan fingerprint density at radius 2 is 1.62 bits per heavy atom. The first kappa shape index (κ1) is 15.5. The molecule has 0 saturated carbocycles. The molecule has 0 aliphatic heterocycles. The molecule has 0 spiro atoms. The fourth-order valence-corrected chi connectivity index (χ4v) is 4.47. The largest absolute Gasteiger partial charge is 0.207 e. The van der Waals surface area contributed by atoms with Crippen LogP contribution in [0.25, 0.3) is 21.5 Å². The molecule has 0 radical (unpaired) electrons. The first-order chi connectivity index (χ1) is 12.7. The second-order valence-corrected chi connectivity index (χ2v) is 7.19. The molecule has 4 aromatic rings. The number of fused-ring (bicyclic) bond motifs is 5. The van der Waals surface area contributed by atoms with Crippen LogP contribution in [0.5, 0.6) is 0 Å². The van der Waals surface area contributed by atoms with E-state index in [2.05, 4.69) is 48.5 Å². The zero-order valence-corrected chi connectivity index (χ0v) is 14.3. The van der Waals surface area contributed by atoms with Gasteiger partial charge in [-0.3, -0.25) is 0 Å². The number of benzene rings is 4. The highest BCUT2D eigenvalue weighted by molar-refractivity contribution is 6.08. The maximum atomic E-state index is 14.2. The predicted octanol–water partition coefficient (Wildman–Crippen LogP) is 6.54. The van der Waals surface area contributed by atoms with Crippen LogP contribution in [0.2, 0.25) is 0 Å². The Balaban J connectivity index is 1.60. The van der Waals surface area contributed by atoms with Gasteiger partial charge in [0.25, 0.3) is 0 Å². The third kappa shape index (κ3) is 2.40. The van der Waals surface area contributed by atoms with E-state index in [1.165, 1.54) is 38.7 Å². The molecule has 1 aliphatic rings. The van der Waals surface area contributed by atoms with Crippen molar-refractivity contribution in [3.63, 3.8) is 0 Å². The monoisotopic (exact) mass is 344 g/mol. The molecule has 1 unspecified atom stereocenters. The summed E-state index contributed by atoms with van der Waals surface area (Å²) in [4.78, 5) is 0. The van der Waals surface area contributed by atoms with Crippen LogP contribution in [0.4, 0.5) is 8.78 Å². The van der Waals surface area contributed by atoms with Gasteiger partial charge in [0, 0.05) is 6.07 Å². The van der Waals surface area contributed by atoms with Gasteiger partial charge in [-0.15, -0.1) is 0 Å². The Bertz CT molecular complexity index is 1140. The summed E-state index contributed by atoms with van der Waals surface area (Å²) < 4.78 is 27.4. The van der Waals surface area contributed by atoms with Crippen LogP contribution in [0.3, 0.4) is 0 Å². The van der Waals surface area contributed by atoms with Crippen molar-refractivity contribution in [3.05, 3.63) is 95.1 Å². The molecule has 0 amide bonds. The summed E-state index contributed by atoms with van der Waals surface area (Å²) in [6.07, 6.45) is 2.62. The van der Waals surface area contributed by atoms with E-state index in [-0.39, 0.29) is 5.92 Å². The average molecular weight is 344 g/mol. The highest BCUT2D eigenvalue weighted by atomic mass is 19.1. The van der Waals surface area contributed by atoms with E-state index in [4.69, 9.17) is 0 Å². The molecule has 4 aromatic carbocycles. The zero-order chi connectivity index (χ0) is 17.7. The molecule has 128 valence electrons. The van der Waals surface area contributed by atoms with Crippen molar-refractivity contribution in [2.75, 3.05) is 0 Å². The molecule has 0 aromatic heterocycles. The normalized spacial score (nSPS) is 16.8. The third-order valence-corrected chi connectivity index (χ3v) is 5.75. The first-order valence-electron chi connectivity index (χ1n) is 9.08. The van der Waals surface area contributed by atoms with Gasteiger partial charge < -0.3 is 0 Å². The van der Waals surface area contributed by atoms with E-state index in [1.807, 2.05) is 0 Å². The van der Waals surface area contributed by atoms with Crippen LogP contribution in [0, 0.1) is 11.6 Å². The van der Waals surface area contributed by atoms with Gasteiger partial charge in [-0.2, -0.15) is 0 Å². The van der Waals surface area contributed by atoms with Gasteiger partial charge in [0.2, 0.25) is 0 Å². The molecule has 5 rings (SSSR count). The summed E-state index contributed by atoms with van der Waals surface area (Å²) >= 11 is 0. The van der Waals surface area contributed by atoms with Gasteiger partial charge in [-0.05, 0) is 69.5 Å². The molecular formula is C24H18F2. The summed E-state index contributed by atoms with van der Waals surface area (Å²) in [6.45, 7) is 0. The fraction of sp³-hybridized carbons (Fsp3) is 0.167. The van der Waals surface area contributed by atoms with E-state index in [9.17, 15) is 8.78 Å². The molecule has 1 aliphatic carbocycles. The number of aryl methyl sites for hydroxylation is 1.